The first-order valence-corrected chi connectivity index (χ1v) is 3.46. The summed E-state index contributed by atoms with van der Waals surface area (Å²) < 4.78 is 5.00. The predicted molar refractivity (Wildman–Crippen MR) is 36.6 cm³/mol. The van der Waals surface area contributed by atoms with E-state index in [-0.39, 0.29) is 13.2 Å². The van der Waals surface area contributed by atoms with E-state index in [4.69, 9.17) is 15.1 Å². The zero-order valence-corrected chi connectivity index (χ0v) is 6.32. The molecule has 1 fully saturated rings. The maximum Gasteiger partial charge on any atom is 0.108 e. The summed E-state index contributed by atoms with van der Waals surface area (Å²) in [5.41, 5.74) is -0.854. The Hall–Kier alpha value is -0.630. The highest BCUT2D eigenvalue weighted by atomic mass is 16.5. The van der Waals surface area contributed by atoms with E-state index in [1.165, 1.54) is 0 Å². The van der Waals surface area contributed by atoms with Crippen molar-refractivity contribution < 1.29 is 14.9 Å². The minimum atomic E-state index is -0.877. The Morgan fingerprint density at radius 2 is 2.45 bits per heavy atom. The van der Waals surface area contributed by atoms with E-state index in [1.807, 2.05) is 6.07 Å². The molecule has 0 aliphatic carbocycles. The second-order valence-corrected chi connectivity index (χ2v) is 3.01. The monoisotopic (exact) mass is 157 g/mol. The molecule has 0 spiro atoms. The van der Waals surface area contributed by atoms with Crippen LogP contribution in [-0.2, 0) is 4.74 Å². The number of rotatable bonds is 1. The van der Waals surface area contributed by atoms with Crippen molar-refractivity contribution in [2.45, 2.75) is 19.1 Å². The van der Waals surface area contributed by atoms with Gasteiger partial charge >= 0.3 is 0 Å². The molecule has 62 valence electrons. The Kier molecular flexibility index (Phi) is 2.14. The van der Waals surface area contributed by atoms with E-state index in [1.54, 1.807) is 6.92 Å². The first-order valence-electron chi connectivity index (χ1n) is 3.46. The molecule has 0 saturated carbocycles. The van der Waals surface area contributed by atoms with Gasteiger partial charge in [-0.15, -0.1) is 0 Å². The fourth-order valence-electron chi connectivity index (χ4n) is 1.12. The highest BCUT2D eigenvalue weighted by Gasteiger charge is 2.45. The van der Waals surface area contributed by atoms with Gasteiger partial charge in [0.1, 0.15) is 17.6 Å². The maximum atomic E-state index is 9.40. The summed E-state index contributed by atoms with van der Waals surface area (Å²) in [5.74, 6) is 0. The van der Waals surface area contributed by atoms with Crippen LogP contribution in [0.4, 0.5) is 0 Å². The van der Waals surface area contributed by atoms with Crippen molar-refractivity contribution in [3.8, 4) is 6.07 Å². The molecular formula is C7H11NO3. The smallest absolute Gasteiger partial charge is 0.108 e. The zero-order valence-electron chi connectivity index (χ0n) is 6.32. The normalized spacial score (nSPS) is 43.8. The van der Waals surface area contributed by atoms with Crippen molar-refractivity contribution in [1.29, 1.82) is 5.26 Å². The van der Waals surface area contributed by atoms with E-state index in [0.29, 0.717) is 0 Å². The minimum absolute atomic E-state index is 0.190. The van der Waals surface area contributed by atoms with Crippen molar-refractivity contribution in [1.82, 2.24) is 0 Å². The van der Waals surface area contributed by atoms with Gasteiger partial charge in [-0.25, -0.2) is 0 Å². The van der Waals surface area contributed by atoms with Crippen LogP contribution in [-0.4, -0.2) is 35.6 Å². The molecule has 2 N–H and O–H groups in total. The van der Waals surface area contributed by atoms with Gasteiger partial charge in [0, 0.05) is 0 Å². The standard InChI is InChI=1S/C7H11NO3/c1-7(3-8)4-11-5(2-9)6(7)10/h5-6,9-10H,2,4H2,1H3/t5-,6-,7+/m1/s1. The van der Waals surface area contributed by atoms with Crippen LogP contribution in [0, 0.1) is 16.7 Å². The largest absolute Gasteiger partial charge is 0.394 e. The van der Waals surface area contributed by atoms with Crippen LogP contribution in [0.3, 0.4) is 0 Å². The lowest BCUT2D eigenvalue weighted by molar-refractivity contribution is -0.000494. The van der Waals surface area contributed by atoms with Gasteiger partial charge in [0.15, 0.2) is 0 Å². The lowest BCUT2D eigenvalue weighted by Crippen LogP contribution is -2.35. The summed E-state index contributed by atoms with van der Waals surface area (Å²) in [4.78, 5) is 0. The van der Waals surface area contributed by atoms with E-state index >= 15 is 0 Å². The number of nitrogens with zero attached hydrogens (tertiary/aromatic N) is 1. The van der Waals surface area contributed by atoms with Gasteiger partial charge in [0.2, 0.25) is 0 Å². The summed E-state index contributed by atoms with van der Waals surface area (Å²) in [7, 11) is 0. The molecule has 1 aliphatic heterocycles. The van der Waals surface area contributed by atoms with Crippen LogP contribution < -0.4 is 0 Å². The average Bonchev–Trinajstić information content (AvgIpc) is 2.31. The molecule has 0 bridgehead atoms. The molecule has 0 aromatic heterocycles. The second-order valence-electron chi connectivity index (χ2n) is 3.01. The number of ether oxygens (including phenoxy) is 1. The van der Waals surface area contributed by atoms with E-state index in [9.17, 15) is 5.11 Å². The van der Waals surface area contributed by atoms with E-state index in [2.05, 4.69) is 0 Å². The Bertz CT molecular complexity index is 189. The predicted octanol–water partition coefficient (Wildman–Crippen LogP) is -0.732. The van der Waals surface area contributed by atoms with Crippen molar-refractivity contribution in [3.05, 3.63) is 0 Å². The number of hydrogen-bond donors (Lipinski definition) is 2. The molecule has 1 aliphatic rings. The first-order chi connectivity index (χ1) is 5.14. The van der Waals surface area contributed by atoms with Gasteiger partial charge < -0.3 is 14.9 Å². The lowest BCUT2D eigenvalue weighted by atomic mass is 9.87. The van der Waals surface area contributed by atoms with E-state index < -0.39 is 17.6 Å². The third kappa shape index (κ3) is 1.23. The molecule has 1 rings (SSSR count). The molecular weight excluding hydrogens is 146 g/mol. The molecule has 3 atom stereocenters. The summed E-state index contributed by atoms with van der Waals surface area (Å²) >= 11 is 0. The fourth-order valence-corrected chi connectivity index (χ4v) is 1.12. The molecule has 0 amide bonds. The third-order valence-electron chi connectivity index (χ3n) is 2.04. The Balaban J connectivity index is 2.71. The summed E-state index contributed by atoms with van der Waals surface area (Å²) in [5, 5.41) is 26.7. The molecule has 0 radical (unpaired) electrons. The van der Waals surface area contributed by atoms with Crippen molar-refractivity contribution >= 4 is 0 Å². The molecule has 0 unspecified atom stereocenters. The summed E-state index contributed by atoms with van der Waals surface area (Å²) in [6.45, 7) is 1.57. The first kappa shape index (κ1) is 8.47. The van der Waals surface area contributed by atoms with Crippen molar-refractivity contribution in [2.24, 2.45) is 5.41 Å². The van der Waals surface area contributed by atoms with Crippen molar-refractivity contribution in [2.75, 3.05) is 13.2 Å². The van der Waals surface area contributed by atoms with Crippen LogP contribution in [0.15, 0.2) is 0 Å². The van der Waals surface area contributed by atoms with Crippen LogP contribution in [0.25, 0.3) is 0 Å². The molecule has 0 aromatic carbocycles. The summed E-state index contributed by atoms with van der Waals surface area (Å²) in [6, 6.07) is 1.97. The Morgan fingerprint density at radius 1 is 1.82 bits per heavy atom. The van der Waals surface area contributed by atoms with Gasteiger partial charge in [-0.3, -0.25) is 0 Å². The SMILES string of the molecule is C[C@]1(C#N)CO[C@H](CO)[C@H]1O. The highest BCUT2D eigenvalue weighted by molar-refractivity contribution is 5.06. The lowest BCUT2D eigenvalue weighted by Gasteiger charge is -2.18. The number of hydrogen-bond acceptors (Lipinski definition) is 4. The third-order valence-corrected chi connectivity index (χ3v) is 2.04. The Labute approximate surface area is 65.0 Å². The summed E-state index contributed by atoms with van der Waals surface area (Å²) in [6.07, 6.45) is -1.47. The van der Waals surface area contributed by atoms with E-state index in [0.717, 1.165) is 0 Å². The minimum Gasteiger partial charge on any atom is -0.394 e. The molecule has 4 nitrogen and oxygen atoms in total. The second kappa shape index (κ2) is 2.78. The topological polar surface area (TPSA) is 73.5 Å². The van der Waals surface area contributed by atoms with Crippen LogP contribution in [0.1, 0.15) is 6.92 Å². The maximum absolute atomic E-state index is 9.40. The molecule has 0 aromatic rings. The number of aliphatic hydroxyl groups excluding tert-OH is 2. The van der Waals surface area contributed by atoms with Gasteiger partial charge in [-0.05, 0) is 6.92 Å². The average molecular weight is 157 g/mol. The Morgan fingerprint density at radius 3 is 2.73 bits per heavy atom. The zero-order chi connectivity index (χ0) is 8.48. The van der Waals surface area contributed by atoms with Crippen LogP contribution >= 0.6 is 0 Å². The van der Waals surface area contributed by atoms with Gasteiger partial charge in [-0.1, -0.05) is 0 Å². The quantitative estimate of drug-likeness (QED) is 0.526. The van der Waals surface area contributed by atoms with Crippen LogP contribution in [0.5, 0.6) is 0 Å². The van der Waals surface area contributed by atoms with Crippen molar-refractivity contribution in [3.63, 3.8) is 0 Å². The highest BCUT2D eigenvalue weighted by Crippen LogP contribution is 2.31. The fraction of sp³-hybridized carbons (Fsp3) is 0.857. The molecule has 1 saturated heterocycles. The van der Waals surface area contributed by atoms with Gasteiger partial charge in [-0.2, -0.15) is 5.26 Å². The molecule has 11 heavy (non-hydrogen) atoms. The van der Waals surface area contributed by atoms with Gasteiger partial charge in [0.25, 0.3) is 0 Å². The molecule has 4 heteroatoms. The van der Waals surface area contributed by atoms with Crippen LogP contribution in [0.2, 0.25) is 0 Å². The van der Waals surface area contributed by atoms with Gasteiger partial charge in [0.05, 0.1) is 19.3 Å². The molecule has 1 heterocycles. The number of aliphatic hydroxyl groups is 2. The number of nitriles is 1.